The average Bonchev–Trinajstić information content (AvgIpc) is 2.39. The van der Waals surface area contributed by atoms with Crippen molar-refractivity contribution in [2.24, 2.45) is 0 Å². The lowest BCUT2D eigenvalue weighted by Crippen LogP contribution is -2.53. The molecule has 1 amide bonds. The Hall–Kier alpha value is -0.390. The SMILES string of the molecule is O=C(Cc1cccc(Br)c1)NC1(CBr)CCOCC1. The molecule has 1 saturated heterocycles. The van der Waals surface area contributed by atoms with Crippen LogP contribution in [0.3, 0.4) is 0 Å². The van der Waals surface area contributed by atoms with Crippen molar-refractivity contribution in [2.45, 2.75) is 24.8 Å². The van der Waals surface area contributed by atoms with Crippen LogP contribution < -0.4 is 5.32 Å². The largest absolute Gasteiger partial charge is 0.381 e. The van der Waals surface area contributed by atoms with E-state index in [1.807, 2.05) is 24.3 Å². The molecule has 3 nitrogen and oxygen atoms in total. The summed E-state index contributed by atoms with van der Waals surface area (Å²) in [5.41, 5.74) is 0.866. The maximum atomic E-state index is 12.2. The normalized spacial score (nSPS) is 18.0. The number of carbonyl (C=O) groups excluding carboxylic acids is 1. The van der Waals surface area contributed by atoms with E-state index in [9.17, 15) is 4.79 Å². The lowest BCUT2D eigenvalue weighted by molar-refractivity contribution is -0.123. The fourth-order valence-corrected chi connectivity index (χ4v) is 3.37. The Morgan fingerprint density at radius 1 is 1.37 bits per heavy atom. The third-order valence-corrected chi connectivity index (χ3v) is 4.93. The lowest BCUT2D eigenvalue weighted by atomic mass is 9.92. The Bertz CT molecular complexity index is 445. The molecular weight excluding hydrogens is 374 g/mol. The first-order chi connectivity index (χ1) is 9.13. The van der Waals surface area contributed by atoms with E-state index in [-0.39, 0.29) is 11.4 Å². The predicted octanol–water partition coefficient (Wildman–Crippen LogP) is 3.05. The van der Waals surface area contributed by atoms with Crippen LogP contribution in [0.2, 0.25) is 0 Å². The van der Waals surface area contributed by atoms with Gasteiger partial charge in [0.25, 0.3) is 0 Å². The third kappa shape index (κ3) is 4.29. The van der Waals surface area contributed by atoms with E-state index in [0.29, 0.717) is 19.6 Å². The van der Waals surface area contributed by atoms with Gasteiger partial charge in [-0.05, 0) is 30.5 Å². The van der Waals surface area contributed by atoms with Crippen LogP contribution in [0.1, 0.15) is 18.4 Å². The third-order valence-electron chi connectivity index (χ3n) is 3.36. The first-order valence-corrected chi connectivity index (χ1v) is 8.24. The molecule has 19 heavy (non-hydrogen) atoms. The van der Waals surface area contributed by atoms with Gasteiger partial charge >= 0.3 is 0 Å². The second kappa shape index (κ2) is 6.86. The molecule has 1 N–H and O–H groups in total. The second-order valence-electron chi connectivity index (χ2n) is 4.88. The van der Waals surface area contributed by atoms with Gasteiger partial charge < -0.3 is 10.1 Å². The van der Waals surface area contributed by atoms with Crippen LogP contribution in [-0.2, 0) is 16.0 Å². The zero-order valence-electron chi connectivity index (χ0n) is 10.6. The highest BCUT2D eigenvalue weighted by atomic mass is 79.9. The summed E-state index contributed by atoms with van der Waals surface area (Å²) < 4.78 is 6.36. The van der Waals surface area contributed by atoms with E-state index in [2.05, 4.69) is 37.2 Å². The van der Waals surface area contributed by atoms with Gasteiger partial charge in [0.2, 0.25) is 5.91 Å². The summed E-state index contributed by atoms with van der Waals surface area (Å²) in [6.45, 7) is 1.42. The predicted molar refractivity (Wildman–Crippen MR) is 82.6 cm³/mol. The van der Waals surface area contributed by atoms with Gasteiger partial charge in [-0.3, -0.25) is 4.79 Å². The molecule has 0 saturated carbocycles. The summed E-state index contributed by atoms with van der Waals surface area (Å²) in [5.74, 6) is 0.0689. The molecule has 0 unspecified atom stereocenters. The van der Waals surface area contributed by atoms with Crippen molar-refractivity contribution in [3.63, 3.8) is 0 Å². The van der Waals surface area contributed by atoms with E-state index < -0.39 is 0 Å². The van der Waals surface area contributed by atoms with Gasteiger partial charge in [0.1, 0.15) is 0 Å². The summed E-state index contributed by atoms with van der Waals surface area (Å²) >= 11 is 6.93. The molecule has 0 bridgehead atoms. The lowest BCUT2D eigenvalue weighted by Gasteiger charge is -2.36. The Morgan fingerprint density at radius 2 is 2.11 bits per heavy atom. The molecule has 1 aliphatic rings. The van der Waals surface area contributed by atoms with Gasteiger partial charge in [-0.2, -0.15) is 0 Å². The summed E-state index contributed by atoms with van der Waals surface area (Å²) in [7, 11) is 0. The van der Waals surface area contributed by atoms with Gasteiger partial charge in [0.05, 0.1) is 12.0 Å². The number of hydrogen-bond donors (Lipinski definition) is 1. The number of halogens is 2. The molecule has 104 valence electrons. The van der Waals surface area contributed by atoms with E-state index in [1.165, 1.54) is 0 Å². The van der Waals surface area contributed by atoms with Crippen LogP contribution in [0.4, 0.5) is 0 Å². The highest BCUT2D eigenvalue weighted by molar-refractivity contribution is 9.10. The van der Waals surface area contributed by atoms with E-state index in [1.54, 1.807) is 0 Å². The summed E-state index contributed by atoms with van der Waals surface area (Å²) in [5, 5.41) is 3.94. The Kier molecular flexibility index (Phi) is 5.42. The van der Waals surface area contributed by atoms with Crippen molar-refractivity contribution in [3.05, 3.63) is 34.3 Å². The minimum atomic E-state index is -0.151. The molecule has 2 rings (SSSR count). The van der Waals surface area contributed by atoms with Gasteiger partial charge in [-0.15, -0.1) is 0 Å². The number of carbonyl (C=O) groups is 1. The van der Waals surface area contributed by atoms with Gasteiger partial charge in [-0.25, -0.2) is 0 Å². The Balaban J connectivity index is 1.96. The summed E-state index contributed by atoms with van der Waals surface area (Å²) in [6, 6.07) is 7.85. The van der Waals surface area contributed by atoms with Crippen molar-refractivity contribution in [3.8, 4) is 0 Å². The molecular formula is C14H17Br2NO2. The summed E-state index contributed by atoms with van der Waals surface area (Å²) in [4.78, 5) is 12.2. The van der Waals surface area contributed by atoms with Crippen molar-refractivity contribution in [1.82, 2.24) is 5.32 Å². The molecule has 0 atom stereocenters. The molecule has 5 heteroatoms. The Labute approximate surface area is 130 Å². The first-order valence-electron chi connectivity index (χ1n) is 6.33. The standard InChI is InChI=1S/C14H17Br2NO2/c15-10-14(4-6-19-7-5-14)17-13(18)9-11-2-1-3-12(16)8-11/h1-3,8H,4-7,9-10H2,(H,17,18). The fraction of sp³-hybridized carbons (Fsp3) is 0.500. The van der Waals surface area contributed by atoms with Crippen molar-refractivity contribution >= 4 is 37.8 Å². The minimum absolute atomic E-state index is 0.0689. The Morgan fingerprint density at radius 3 is 2.74 bits per heavy atom. The van der Waals surface area contributed by atoms with Crippen LogP contribution in [-0.4, -0.2) is 30.0 Å². The van der Waals surface area contributed by atoms with Crippen LogP contribution in [0.25, 0.3) is 0 Å². The van der Waals surface area contributed by atoms with Crippen molar-refractivity contribution in [2.75, 3.05) is 18.5 Å². The molecule has 0 radical (unpaired) electrons. The van der Waals surface area contributed by atoms with Crippen molar-refractivity contribution < 1.29 is 9.53 Å². The van der Waals surface area contributed by atoms with Crippen LogP contribution >= 0.6 is 31.9 Å². The van der Waals surface area contributed by atoms with Crippen molar-refractivity contribution in [1.29, 1.82) is 0 Å². The van der Waals surface area contributed by atoms with Crippen LogP contribution in [0, 0.1) is 0 Å². The average molecular weight is 391 g/mol. The number of ether oxygens (including phenoxy) is 1. The molecule has 1 aromatic carbocycles. The molecule has 0 aromatic heterocycles. The molecule has 1 fully saturated rings. The van der Waals surface area contributed by atoms with Gasteiger partial charge in [0.15, 0.2) is 0 Å². The minimum Gasteiger partial charge on any atom is -0.381 e. The molecule has 1 aliphatic heterocycles. The zero-order valence-corrected chi connectivity index (χ0v) is 13.8. The quantitative estimate of drug-likeness (QED) is 0.802. The summed E-state index contributed by atoms with van der Waals surface area (Å²) in [6.07, 6.45) is 2.14. The van der Waals surface area contributed by atoms with E-state index in [4.69, 9.17) is 4.74 Å². The van der Waals surface area contributed by atoms with E-state index >= 15 is 0 Å². The number of alkyl halides is 1. The monoisotopic (exact) mass is 389 g/mol. The highest BCUT2D eigenvalue weighted by Crippen LogP contribution is 2.23. The fourth-order valence-electron chi connectivity index (χ4n) is 2.23. The first kappa shape index (κ1) is 15.0. The molecule has 1 heterocycles. The van der Waals surface area contributed by atoms with E-state index in [0.717, 1.165) is 28.2 Å². The van der Waals surface area contributed by atoms with Crippen LogP contribution in [0.5, 0.6) is 0 Å². The second-order valence-corrected chi connectivity index (χ2v) is 6.36. The molecule has 0 spiro atoms. The zero-order chi connectivity index (χ0) is 13.7. The molecule has 0 aliphatic carbocycles. The molecule has 1 aromatic rings. The smallest absolute Gasteiger partial charge is 0.224 e. The number of benzene rings is 1. The number of rotatable bonds is 4. The topological polar surface area (TPSA) is 38.3 Å². The highest BCUT2D eigenvalue weighted by Gasteiger charge is 2.32. The maximum Gasteiger partial charge on any atom is 0.224 e. The number of hydrogen-bond acceptors (Lipinski definition) is 2. The van der Waals surface area contributed by atoms with Crippen LogP contribution in [0.15, 0.2) is 28.7 Å². The van der Waals surface area contributed by atoms with Gasteiger partial charge in [-0.1, -0.05) is 44.0 Å². The maximum absolute atomic E-state index is 12.2. The number of amides is 1. The number of nitrogens with one attached hydrogen (secondary N) is 1. The van der Waals surface area contributed by atoms with Gasteiger partial charge in [0, 0.05) is 23.0 Å².